The molecule has 0 spiro atoms. The Labute approximate surface area is 150 Å². The molecular weight excluding hydrogens is 300 g/mol. The summed E-state index contributed by atoms with van der Waals surface area (Å²) in [5, 5.41) is 0. The van der Waals surface area contributed by atoms with Crippen molar-refractivity contribution in [3.05, 3.63) is 119 Å². The molecule has 3 aromatic rings. The van der Waals surface area contributed by atoms with E-state index in [0.717, 1.165) is 0 Å². The van der Waals surface area contributed by atoms with Gasteiger partial charge in [0.2, 0.25) is 0 Å². The summed E-state index contributed by atoms with van der Waals surface area (Å²) in [6, 6.07) is 29.4. The van der Waals surface area contributed by atoms with Crippen molar-refractivity contribution in [2.24, 2.45) is 0 Å². The Morgan fingerprint density at radius 2 is 1.04 bits per heavy atom. The first-order chi connectivity index (χ1) is 12.3. The van der Waals surface area contributed by atoms with Crippen LogP contribution in [0.25, 0.3) is 23.8 Å². The third kappa shape index (κ3) is 4.92. The topological polar surface area (TPSA) is 0 Å². The number of rotatable bonds is 5. The van der Waals surface area contributed by atoms with Gasteiger partial charge in [0.25, 0.3) is 0 Å². The van der Waals surface area contributed by atoms with Gasteiger partial charge in [0.05, 0.1) is 0 Å². The maximum absolute atomic E-state index is 2.18. The van der Waals surface area contributed by atoms with Gasteiger partial charge in [-0.2, -0.15) is 0 Å². The summed E-state index contributed by atoms with van der Waals surface area (Å²) in [6.45, 7) is 2.08. The fourth-order valence-corrected chi connectivity index (χ4v) is 2.65. The molecule has 0 heterocycles. The summed E-state index contributed by atoms with van der Waals surface area (Å²) >= 11 is 0. The van der Waals surface area contributed by atoms with Crippen molar-refractivity contribution in [2.75, 3.05) is 0 Å². The SMILES string of the molecule is C/C=C(/C=C/c1ccccc1)c1ccc(/C=C\c2ccccc2)cc1. The van der Waals surface area contributed by atoms with E-state index in [0.29, 0.717) is 0 Å². The van der Waals surface area contributed by atoms with Crippen LogP contribution in [0.2, 0.25) is 0 Å². The molecule has 0 nitrogen and oxygen atoms in total. The second kappa shape index (κ2) is 8.65. The smallest absolute Gasteiger partial charge is 0.0187 e. The molecule has 0 aliphatic rings. The zero-order valence-electron chi connectivity index (χ0n) is 14.5. The van der Waals surface area contributed by atoms with Gasteiger partial charge in [0.15, 0.2) is 0 Å². The Bertz CT molecular complexity index is 864. The molecule has 0 heteroatoms. The zero-order valence-corrected chi connectivity index (χ0v) is 14.5. The van der Waals surface area contributed by atoms with E-state index in [1.807, 2.05) is 12.1 Å². The average molecular weight is 322 g/mol. The summed E-state index contributed by atoms with van der Waals surface area (Å²) in [6.07, 6.45) is 10.8. The molecule has 0 fully saturated rings. The van der Waals surface area contributed by atoms with Crippen molar-refractivity contribution in [3.63, 3.8) is 0 Å². The van der Waals surface area contributed by atoms with Crippen molar-refractivity contribution in [1.29, 1.82) is 0 Å². The van der Waals surface area contributed by atoms with E-state index in [-0.39, 0.29) is 0 Å². The van der Waals surface area contributed by atoms with E-state index in [1.165, 1.54) is 27.8 Å². The highest BCUT2D eigenvalue weighted by Crippen LogP contribution is 2.19. The molecule has 25 heavy (non-hydrogen) atoms. The number of allylic oxidation sites excluding steroid dienone is 3. The first-order valence-electron chi connectivity index (χ1n) is 8.58. The van der Waals surface area contributed by atoms with Gasteiger partial charge in [-0.05, 0) is 34.8 Å². The summed E-state index contributed by atoms with van der Waals surface area (Å²) in [5.41, 5.74) is 6.08. The van der Waals surface area contributed by atoms with Crippen LogP contribution in [-0.2, 0) is 0 Å². The van der Waals surface area contributed by atoms with Gasteiger partial charge in [-0.25, -0.2) is 0 Å². The Kier molecular flexibility index (Phi) is 5.79. The van der Waals surface area contributed by atoms with Gasteiger partial charge in [-0.1, -0.05) is 115 Å². The van der Waals surface area contributed by atoms with Crippen LogP contribution in [0, 0.1) is 0 Å². The third-order valence-corrected chi connectivity index (χ3v) is 4.08. The number of hydrogen-bond acceptors (Lipinski definition) is 0. The lowest BCUT2D eigenvalue weighted by Gasteiger charge is -2.03. The molecule has 0 atom stereocenters. The molecule has 0 radical (unpaired) electrons. The first kappa shape index (κ1) is 16.7. The normalized spacial score (nSPS) is 12.1. The predicted octanol–water partition coefficient (Wildman–Crippen LogP) is 6.97. The van der Waals surface area contributed by atoms with Crippen molar-refractivity contribution in [2.45, 2.75) is 6.92 Å². The third-order valence-electron chi connectivity index (χ3n) is 4.08. The summed E-state index contributed by atoms with van der Waals surface area (Å²) < 4.78 is 0. The maximum atomic E-state index is 2.18. The second-order valence-electron chi connectivity index (χ2n) is 5.85. The fraction of sp³-hybridized carbons (Fsp3) is 0.0400. The molecule has 0 saturated heterocycles. The summed E-state index contributed by atoms with van der Waals surface area (Å²) in [7, 11) is 0. The molecule has 0 bridgehead atoms. The van der Waals surface area contributed by atoms with Crippen LogP contribution in [0.4, 0.5) is 0 Å². The van der Waals surface area contributed by atoms with Crippen LogP contribution in [0.15, 0.2) is 97.1 Å². The van der Waals surface area contributed by atoms with Gasteiger partial charge in [-0.3, -0.25) is 0 Å². The molecule has 3 aromatic carbocycles. The molecule has 3 rings (SSSR count). The number of hydrogen-bond donors (Lipinski definition) is 0. The predicted molar refractivity (Wildman–Crippen MR) is 111 cm³/mol. The van der Waals surface area contributed by atoms with Gasteiger partial charge in [-0.15, -0.1) is 0 Å². The van der Waals surface area contributed by atoms with Gasteiger partial charge in [0.1, 0.15) is 0 Å². The molecule has 0 aromatic heterocycles. The summed E-state index contributed by atoms with van der Waals surface area (Å²) in [4.78, 5) is 0. The molecule has 0 amide bonds. The van der Waals surface area contributed by atoms with Gasteiger partial charge < -0.3 is 0 Å². The molecule has 0 unspecified atom stereocenters. The molecule has 0 aliphatic heterocycles. The van der Waals surface area contributed by atoms with Crippen LogP contribution in [0.1, 0.15) is 29.2 Å². The Hall–Kier alpha value is -3.12. The van der Waals surface area contributed by atoms with Gasteiger partial charge >= 0.3 is 0 Å². The van der Waals surface area contributed by atoms with Crippen LogP contribution in [0.5, 0.6) is 0 Å². The number of benzene rings is 3. The molecule has 0 aliphatic carbocycles. The van der Waals surface area contributed by atoms with E-state index in [2.05, 4.69) is 110 Å². The lowest BCUT2D eigenvalue weighted by Crippen LogP contribution is -1.82. The van der Waals surface area contributed by atoms with Crippen LogP contribution < -0.4 is 0 Å². The summed E-state index contributed by atoms with van der Waals surface area (Å²) in [5.74, 6) is 0. The highest BCUT2D eigenvalue weighted by molar-refractivity contribution is 5.79. The Morgan fingerprint density at radius 1 is 0.560 bits per heavy atom. The largest absolute Gasteiger partial charge is 0.0798 e. The lowest BCUT2D eigenvalue weighted by molar-refractivity contribution is 1.57. The van der Waals surface area contributed by atoms with Crippen molar-refractivity contribution in [3.8, 4) is 0 Å². The van der Waals surface area contributed by atoms with Gasteiger partial charge in [0, 0.05) is 0 Å². The second-order valence-corrected chi connectivity index (χ2v) is 5.85. The molecule has 122 valence electrons. The molecule has 0 N–H and O–H groups in total. The highest BCUT2D eigenvalue weighted by atomic mass is 14.0. The minimum Gasteiger partial charge on any atom is -0.0798 e. The maximum Gasteiger partial charge on any atom is -0.0187 e. The minimum atomic E-state index is 1.20. The quantitative estimate of drug-likeness (QED) is 0.351. The van der Waals surface area contributed by atoms with E-state index in [4.69, 9.17) is 0 Å². The van der Waals surface area contributed by atoms with E-state index < -0.39 is 0 Å². The standard InChI is InChI=1S/C25H22/c1-2-24(18-15-22-11-7-4-8-12-22)25-19-16-23(17-20-25)14-13-21-9-5-3-6-10-21/h2-20H,1H3/b14-13-,18-15+,24-2-. The monoisotopic (exact) mass is 322 g/mol. The Balaban J connectivity index is 1.72. The van der Waals surface area contributed by atoms with E-state index >= 15 is 0 Å². The van der Waals surface area contributed by atoms with Crippen molar-refractivity contribution in [1.82, 2.24) is 0 Å². The van der Waals surface area contributed by atoms with Crippen LogP contribution in [-0.4, -0.2) is 0 Å². The van der Waals surface area contributed by atoms with Crippen molar-refractivity contribution < 1.29 is 0 Å². The lowest BCUT2D eigenvalue weighted by atomic mass is 10.0. The highest BCUT2D eigenvalue weighted by Gasteiger charge is 1.97. The molecule has 0 saturated carbocycles. The van der Waals surface area contributed by atoms with Crippen LogP contribution in [0.3, 0.4) is 0 Å². The van der Waals surface area contributed by atoms with E-state index in [1.54, 1.807) is 0 Å². The minimum absolute atomic E-state index is 1.20. The molecular formula is C25H22. The zero-order chi connectivity index (χ0) is 17.3. The van der Waals surface area contributed by atoms with Crippen molar-refractivity contribution >= 4 is 23.8 Å². The van der Waals surface area contributed by atoms with E-state index in [9.17, 15) is 0 Å². The first-order valence-corrected chi connectivity index (χ1v) is 8.58. The average Bonchev–Trinajstić information content (AvgIpc) is 2.69. The fourth-order valence-electron chi connectivity index (χ4n) is 2.65. The Morgan fingerprint density at radius 3 is 1.56 bits per heavy atom. The van der Waals surface area contributed by atoms with Crippen LogP contribution >= 0.6 is 0 Å².